The smallest absolute Gasteiger partial charge is 0.256 e. The molecule has 0 saturated heterocycles. The van der Waals surface area contributed by atoms with E-state index in [1.165, 1.54) is 0 Å². The van der Waals surface area contributed by atoms with Crippen molar-refractivity contribution in [1.29, 1.82) is 0 Å². The molecule has 1 N–H and O–H groups in total. The van der Waals surface area contributed by atoms with Crippen LogP contribution in [0, 0.1) is 13.8 Å². The van der Waals surface area contributed by atoms with E-state index in [1.54, 1.807) is 24.3 Å². The lowest BCUT2D eigenvalue weighted by atomic mass is 10.0. The highest BCUT2D eigenvalue weighted by Crippen LogP contribution is 2.28. The fraction of sp³-hybridized carbons (Fsp3) is 0.318. The van der Waals surface area contributed by atoms with Gasteiger partial charge in [0.15, 0.2) is 5.69 Å². The van der Waals surface area contributed by atoms with Gasteiger partial charge in [0.2, 0.25) is 5.82 Å². The fourth-order valence-corrected chi connectivity index (χ4v) is 2.86. The molecule has 0 atom stereocenters. The van der Waals surface area contributed by atoms with E-state index in [-0.39, 0.29) is 5.91 Å². The molecule has 0 radical (unpaired) electrons. The van der Waals surface area contributed by atoms with Gasteiger partial charge in [-0.2, -0.15) is 0 Å². The summed E-state index contributed by atoms with van der Waals surface area (Å²) in [4.78, 5) is 12.6. The molecule has 6 nitrogen and oxygen atoms in total. The quantitative estimate of drug-likeness (QED) is 0.546. The molecular formula is C22H25N3O3. The normalized spacial score (nSPS) is 10.7. The van der Waals surface area contributed by atoms with Crippen LogP contribution >= 0.6 is 0 Å². The van der Waals surface area contributed by atoms with Crippen LogP contribution in [0.2, 0.25) is 0 Å². The van der Waals surface area contributed by atoms with Crippen molar-refractivity contribution in [2.45, 2.75) is 40.0 Å². The van der Waals surface area contributed by atoms with Gasteiger partial charge in [0.1, 0.15) is 5.75 Å². The first-order chi connectivity index (χ1) is 13.6. The van der Waals surface area contributed by atoms with Crippen molar-refractivity contribution in [3.8, 4) is 17.0 Å². The minimum atomic E-state index is -0.278. The zero-order valence-electron chi connectivity index (χ0n) is 16.5. The van der Waals surface area contributed by atoms with Gasteiger partial charge in [-0.15, -0.1) is 0 Å². The first-order valence-corrected chi connectivity index (χ1v) is 9.53. The summed E-state index contributed by atoms with van der Waals surface area (Å²) in [7, 11) is 0. The van der Waals surface area contributed by atoms with Crippen molar-refractivity contribution in [2.24, 2.45) is 0 Å². The number of anilines is 1. The third-order valence-corrected chi connectivity index (χ3v) is 4.50. The second-order valence-corrected chi connectivity index (χ2v) is 6.81. The number of benzene rings is 2. The van der Waals surface area contributed by atoms with Crippen molar-refractivity contribution in [1.82, 2.24) is 10.3 Å². The summed E-state index contributed by atoms with van der Waals surface area (Å²) in [5.74, 6) is 0.783. The Labute approximate surface area is 164 Å². The van der Waals surface area contributed by atoms with Crippen molar-refractivity contribution in [3.05, 3.63) is 59.2 Å². The van der Waals surface area contributed by atoms with E-state index < -0.39 is 0 Å². The number of hydrogen-bond donors (Lipinski definition) is 1. The van der Waals surface area contributed by atoms with Crippen LogP contribution in [-0.2, 0) is 0 Å². The minimum Gasteiger partial charge on any atom is -0.494 e. The van der Waals surface area contributed by atoms with Gasteiger partial charge in [-0.3, -0.25) is 4.79 Å². The maximum Gasteiger partial charge on any atom is 0.256 e. The summed E-state index contributed by atoms with van der Waals surface area (Å²) in [6, 6.07) is 13.1. The summed E-state index contributed by atoms with van der Waals surface area (Å²) < 4.78 is 10.6. The molecule has 28 heavy (non-hydrogen) atoms. The Morgan fingerprint density at radius 3 is 2.61 bits per heavy atom. The Bertz CT molecular complexity index is 932. The number of ether oxygens (including phenoxy) is 1. The topological polar surface area (TPSA) is 77.2 Å². The van der Waals surface area contributed by atoms with Gasteiger partial charge in [-0.05, 0) is 66.5 Å². The SMILES string of the molecule is CCCCCOc1ccc(C(=O)Nc2nonc2-c2cc(C)ccc2C)cc1. The molecule has 0 aliphatic carbocycles. The molecule has 0 bridgehead atoms. The van der Waals surface area contributed by atoms with Crippen LogP contribution in [0.15, 0.2) is 47.1 Å². The number of unbranched alkanes of at least 4 members (excludes halogenated alkanes) is 2. The fourth-order valence-electron chi connectivity index (χ4n) is 2.86. The molecule has 1 amide bonds. The van der Waals surface area contributed by atoms with Crippen molar-refractivity contribution in [2.75, 3.05) is 11.9 Å². The van der Waals surface area contributed by atoms with E-state index in [2.05, 4.69) is 22.6 Å². The van der Waals surface area contributed by atoms with Crippen LogP contribution in [0.1, 0.15) is 47.7 Å². The summed E-state index contributed by atoms with van der Waals surface area (Å²) in [6.45, 7) is 6.82. The Balaban J connectivity index is 1.69. The highest BCUT2D eigenvalue weighted by molar-refractivity contribution is 6.05. The first kappa shape index (κ1) is 19.6. The van der Waals surface area contributed by atoms with Crippen LogP contribution in [0.5, 0.6) is 5.75 Å². The van der Waals surface area contributed by atoms with Gasteiger partial charge in [-0.25, -0.2) is 4.63 Å². The standard InChI is InChI=1S/C22H25N3O3/c1-4-5-6-13-27-18-11-9-17(10-12-18)22(26)23-21-20(24-28-25-21)19-14-15(2)7-8-16(19)3/h7-12,14H,4-6,13H2,1-3H3,(H,23,25,26). The molecule has 3 aromatic rings. The molecule has 0 unspecified atom stereocenters. The third-order valence-electron chi connectivity index (χ3n) is 4.50. The number of carbonyl (C=O) groups excluding carboxylic acids is 1. The monoisotopic (exact) mass is 379 g/mol. The summed E-state index contributed by atoms with van der Waals surface area (Å²) >= 11 is 0. The number of carbonyl (C=O) groups is 1. The van der Waals surface area contributed by atoms with Crippen LogP contribution in [0.3, 0.4) is 0 Å². The number of nitrogens with one attached hydrogen (secondary N) is 1. The van der Waals surface area contributed by atoms with Crippen molar-refractivity contribution >= 4 is 11.7 Å². The van der Waals surface area contributed by atoms with Gasteiger partial charge in [0.25, 0.3) is 5.91 Å². The summed E-state index contributed by atoms with van der Waals surface area (Å²) in [6.07, 6.45) is 3.33. The maximum atomic E-state index is 12.6. The predicted octanol–water partition coefficient (Wildman–Crippen LogP) is 5.17. The van der Waals surface area contributed by atoms with E-state index in [0.717, 1.165) is 41.7 Å². The molecule has 0 aliphatic rings. The minimum absolute atomic E-state index is 0.278. The van der Waals surface area contributed by atoms with E-state index in [9.17, 15) is 4.79 Å². The van der Waals surface area contributed by atoms with Gasteiger partial charge in [0, 0.05) is 11.1 Å². The predicted molar refractivity (Wildman–Crippen MR) is 109 cm³/mol. The van der Waals surface area contributed by atoms with Crippen molar-refractivity contribution in [3.63, 3.8) is 0 Å². The molecule has 3 rings (SSSR count). The van der Waals surface area contributed by atoms with E-state index in [0.29, 0.717) is 23.7 Å². The average Bonchev–Trinajstić information content (AvgIpc) is 3.15. The second-order valence-electron chi connectivity index (χ2n) is 6.81. The van der Waals surface area contributed by atoms with E-state index in [1.807, 2.05) is 32.0 Å². The number of rotatable bonds is 8. The first-order valence-electron chi connectivity index (χ1n) is 9.53. The number of aryl methyl sites for hydroxylation is 2. The third kappa shape index (κ3) is 4.76. The van der Waals surface area contributed by atoms with Gasteiger partial charge < -0.3 is 10.1 Å². The molecular weight excluding hydrogens is 354 g/mol. The largest absolute Gasteiger partial charge is 0.494 e. The zero-order chi connectivity index (χ0) is 19.9. The number of nitrogens with zero attached hydrogens (tertiary/aromatic N) is 2. The lowest BCUT2D eigenvalue weighted by Gasteiger charge is -2.08. The highest BCUT2D eigenvalue weighted by atomic mass is 16.6. The van der Waals surface area contributed by atoms with Gasteiger partial charge >= 0.3 is 0 Å². The molecule has 0 spiro atoms. The second kappa shape index (κ2) is 9.17. The number of amides is 1. The molecule has 1 heterocycles. The van der Waals surface area contributed by atoms with E-state index >= 15 is 0 Å². The Morgan fingerprint density at radius 2 is 1.86 bits per heavy atom. The molecule has 6 heteroatoms. The van der Waals surface area contributed by atoms with Crippen LogP contribution in [0.4, 0.5) is 5.82 Å². The number of hydrogen-bond acceptors (Lipinski definition) is 5. The molecule has 2 aromatic carbocycles. The van der Waals surface area contributed by atoms with Crippen LogP contribution in [-0.4, -0.2) is 22.8 Å². The number of aromatic nitrogens is 2. The lowest BCUT2D eigenvalue weighted by Crippen LogP contribution is -2.13. The molecule has 146 valence electrons. The summed E-state index contributed by atoms with van der Waals surface area (Å²) in [5.41, 5.74) is 4.03. The van der Waals surface area contributed by atoms with Gasteiger partial charge in [0.05, 0.1) is 6.61 Å². The van der Waals surface area contributed by atoms with Crippen LogP contribution < -0.4 is 10.1 Å². The van der Waals surface area contributed by atoms with Crippen LogP contribution in [0.25, 0.3) is 11.3 Å². The Morgan fingerprint density at radius 1 is 1.07 bits per heavy atom. The molecule has 1 aromatic heterocycles. The average molecular weight is 379 g/mol. The molecule has 0 fully saturated rings. The van der Waals surface area contributed by atoms with Gasteiger partial charge in [-0.1, -0.05) is 37.5 Å². The Kier molecular flexibility index (Phi) is 6.42. The maximum absolute atomic E-state index is 12.6. The van der Waals surface area contributed by atoms with E-state index in [4.69, 9.17) is 9.37 Å². The lowest BCUT2D eigenvalue weighted by molar-refractivity contribution is 0.102. The molecule has 0 saturated carbocycles. The van der Waals surface area contributed by atoms with Crippen molar-refractivity contribution < 1.29 is 14.2 Å². The highest BCUT2D eigenvalue weighted by Gasteiger charge is 2.17. The zero-order valence-corrected chi connectivity index (χ0v) is 16.5. The molecule has 0 aliphatic heterocycles. The summed E-state index contributed by atoms with van der Waals surface area (Å²) in [5, 5.41) is 10.6. The Hall–Kier alpha value is -3.15.